The summed E-state index contributed by atoms with van der Waals surface area (Å²) in [6.45, 7) is 0.670. The van der Waals surface area contributed by atoms with Gasteiger partial charge >= 0.3 is 0 Å². The summed E-state index contributed by atoms with van der Waals surface area (Å²) in [6.07, 6.45) is 1.50. The van der Waals surface area contributed by atoms with Crippen molar-refractivity contribution in [3.05, 3.63) is 95.0 Å². The average molecular weight is 399 g/mol. The van der Waals surface area contributed by atoms with Gasteiger partial charge in [-0.3, -0.25) is 14.2 Å². The molecule has 0 saturated heterocycles. The lowest BCUT2D eigenvalue weighted by Crippen LogP contribution is -2.30. The van der Waals surface area contributed by atoms with Gasteiger partial charge in [0.15, 0.2) is 0 Å². The van der Waals surface area contributed by atoms with E-state index in [9.17, 15) is 9.59 Å². The van der Waals surface area contributed by atoms with Gasteiger partial charge in [-0.2, -0.15) is 0 Å². The van der Waals surface area contributed by atoms with Crippen molar-refractivity contribution >= 4 is 16.7 Å². The van der Waals surface area contributed by atoms with E-state index in [0.717, 1.165) is 22.1 Å². The maximum absolute atomic E-state index is 12.4. The number of hydrogen-bond donors (Lipinski definition) is 1. The third-order valence-corrected chi connectivity index (χ3v) is 4.92. The smallest absolute Gasteiger partial charge is 0.253 e. The fourth-order valence-electron chi connectivity index (χ4n) is 3.24. The first-order chi connectivity index (χ1) is 14.6. The van der Waals surface area contributed by atoms with Crippen LogP contribution >= 0.6 is 0 Å². The van der Waals surface area contributed by atoms with E-state index >= 15 is 0 Å². The predicted octanol–water partition coefficient (Wildman–Crippen LogP) is 3.50. The Hall–Kier alpha value is -3.93. The summed E-state index contributed by atoms with van der Waals surface area (Å²) in [4.78, 5) is 29.2. The summed E-state index contributed by atoms with van der Waals surface area (Å²) in [5.41, 5.74) is 1.86. The number of carbonyl (C=O) groups is 1. The first-order valence-corrected chi connectivity index (χ1v) is 9.62. The molecule has 0 aliphatic carbocycles. The molecule has 1 amide bonds. The maximum Gasteiger partial charge on any atom is 0.253 e. The highest BCUT2D eigenvalue weighted by Crippen LogP contribution is 2.19. The summed E-state index contributed by atoms with van der Waals surface area (Å²) in [5.74, 6) is 0.575. The van der Waals surface area contributed by atoms with Gasteiger partial charge in [0.25, 0.3) is 11.5 Å². The zero-order chi connectivity index (χ0) is 20.9. The van der Waals surface area contributed by atoms with E-state index in [1.54, 1.807) is 13.2 Å². The van der Waals surface area contributed by atoms with Crippen LogP contribution in [0.2, 0.25) is 0 Å². The molecule has 0 bridgehead atoms. The molecule has 0 unspecified atom stereocenters. The summed E-state index contributed by atoms with van der Waals surface area (Å²) in [7, 11) is 1.60. The van der Waals surface area contributed by atoms with Crippen LogP contribution in [0.4, 0.5) is 0 Å². The van der Waals surface area contributed by atoms with Crippen molar-refractivity contribution in [1.29, 1.82) is 0 Å². The van der Waals surface area contributed by atoms with Gasteiger partial charge < -0.3 is 10.1 Å². The molecular formula is C24H21N3O3. The van der Waals surface area contributed by atoms with Crippen LogP contribution in [-0.4, -0.2) is 29.1 Å². The van der Waals surface area contributed by atoms with Gasteiger partial charge in [-0.25, -0.2) is 4.98 Å². The highest BCUT2D eigenvalue weighted by Gasteiger charge is 2.07. The van der Waals surface area contributed by atoms with Gasteiger partial charge in [0.05, 0.1) is 19.1 Å². The second-order valence-electron chi connectivity index (χ2n) is 6.85. The minimum absolute atomic E-state index is 0.170. The van der Waals surface area contributed by atoms with Gasteiger partial charge in [0.2, 0.25) is 0 Å². The predicted molar refractivity (Wildman–Crippen MR) is 117 cm³/mol. The molecule has 30 heavy (non-hydrogen) atoms. The fraction of sp³-hybridized carbons (Fsp3) is 0.125. The molecule has 6 heteroatoms. The van der Waals surface area contributed by atoms with Gasteiger partial charge in [0.1, 0.15) is 5.75 Å². The zero-order valence-electron chi connectivity index (χ0n) is 16.5. The van der Waals surface area contributed by atoms with E-state index < -0.39 is 0 Å². The van der Waals surface area contributed by atoms with Crippen LogP contribution in [0.1, 0.15) is 10.4 Å². The van der Waals surface area contributed by atoms with Crippen LogP contribution in [0.15, 0.2) is 83.9 Å². The molecule has 1 aromatic heterocycles. The number of benzene rings is 3. The van der Waals surface area contributed by atoms with Crippen LogP contribution in [0.3, 0.4) is 0 Å². The Kier molecular flexibility index (Phi) is 5.57. The number of methoxy groups -OCH3 is 1. The van der Waals surface area contributed by atoms with Crippen LogP contribution in [-0.2, 0) is 6.54 Å². The zero-order valence-corrected chi connectivity index (χ0v) is 16.5. The van der Waals surface area contributed by atoms with Crippen molar-refractivity contribution in [2.24, 2.45) is 0 Å². The van der Waals surface area contributed by atoms with Crippen molar-refractivity contribution in [3.8, 4) is 17.0 Å². The number of carbonyl (C=O) groups excluding carboxylic acids is 1. The van der Waals surface area contributed by atoms with Crippen molar-refractivity contribution in [1.82, 2.24) is 14.9 Å². The van der Waals surface area contributed by atoms with Crippen LogP contribution < -0.4 is 15.6 Å². The van der Waals surface area contributed by atoms with Gasteiger partial charge in [0, 0.05) is 30.3 Å². The molecular weight excluding hydrogens is 378 g/mol. The molecule has 3 aromatic carbocycles. The SMILES string of the molecule is COc1ccc(-c2cc(=O)n(CCNC(=O)c3ccc4ccccc4c3)cn2)cc1. The Bertz CT molecular complexity index is 1250. The second kappa shape index (κ2) is 8.61. The Balaban J connectivity index is 1.39. The number of aromatic nitrogens is 2. The first kappa shape index (κ1) is 19.4. The third kappa shape index (κ3) is 4.22. The number of rotatable bonds is 6. The standard InChI is InChI=1S/C24H21N3O3/c1-30-21-10-8-18(9-11-21)22-15-23(28)27(16-26-22)13-12-25-24(29)20-7-6-17-4-2-3-5-19(17)14-20/h2-11,14-16H,12-13H2,1H3,(H,25,29). The summed E-state index contributed by atoms with van der Waals surface area (Å²) in [5, 5.41) is 4.96. The monoisotopic (exact) mass is 399 g/mol. The molecule has 6 nitrogen and oxygen atoms in total. The fourth-order valence-corrected chi connectivity index (χ4v) is 3.24. The number of amides is 1. The molecule has 0 spiro atoms. The van der Waals surface area contributed by atoms with E-state index in [1.165, 1.54) is 17.0 Å². The Morgan fingerprint density at radius 3 is 2.50 bits per heavy atom. The lowest BCUT2D eigenvalue weighted by molar-refractivity contribution is 0.0952. The number of fused-ring (bicyclic) bond motifs is 1. The average Bonchev–Trinajstić information content (AvgIpc) is 2.79. The van der Waals surface area contributed by atoms with E-state index in [2.05, 4.69) is 10.3 Å². The van der Waals surface area contributed by atoms with Gasteiger partial charge in [-0.1, -0.05) is 30.3 Å². The largest absolute Gasteiger partial charge is 0.497 e. The van der Waals surface area contributed by atoms with Crippen molar-refractivity contribution in [2.75, 3.05) is 13.7 Å². The minimum atomic E-state index is -0.171. The quantitative estimate of drug-likeness (QED) is 0.539. The highest BCUT2D eigenvalue weighted by atomic mass is 16.5. The number of nitrogens with one attached hydrogen (secondary N) is 1. The van der Waals surface area contributed by atoms with E-state index in [4.69, 9.17) is 4.74 Å². The Labute approximate surface area is 173 Å². The topological polar surface area (TPSA) is 73.2 Å². The molecule has 0 atom stereocenters. The van der Waals surface area contributed by atoms with Crippen molar-refractivity contribution in [3.63, 3.8) is 0 Å². The van der Waals surface area contributed by atoms with Crippen LogP contribution in [0.25, 0.3) is 22.0 Å². The van der Waals surface area contributed by atoms with Gasteiger partial charge in [-0.05, 0) is 47.2 Å². The molecule has 0 saturated carbocycles. The second-order valence-corrected chi connectivity index (χ2v) is 6.85. The van der Waals surface area contributed by atoms with Crippen molar-refractivity contribution < 1.29 is 9.53 Å². The first-order valence-electron chi connectivity index (χ1n) is 9.62. The van der Waals surface area contributed by atoms with Crippen molar-refractivity contribution in [2.45, 2.75) is 6.54 Å². The van der Waals surface area contributed by atoms with E-state index in [-0.39, 0.29) is 11.5 Å². The number of hydrogen-bond acceptors (Lipinski definition) is 4. The maximum atomic E-state index is 12.4. The molecule has 0 aliphatic rings. The summed E-state index contributed by atoms with van der Waals surface area (Å²) in [6, 6.07) is 22.3. The molecule has 4 aromatic rings. The Morgan fingerprint density at radius 2 is 1.77 bits per heavy atom. The number of ether oxygens (including phenoxy) is 1. The van der Waals surface area contributed by atoms with E-state index in [1.807, 2.05) is 60.7 Å². The molecule has 1 heterocycles. The Morgan fingerprint density at radius 1 is 1.00 bits per heavy atom. The molecule has 0 radical (unpaired) electrons. The molecule has 1 N–H and O–H groups in total. The van der Waals surface area contributed by atoms with E-state index in [0.29, 0.717) is 24.3 Å². The highest BCUT2D eigenvalue weighted by molar-refractivity contribution is 5.98. The third-order valence-electron chi connectivity index (χ3n) is 4.92. The molecule has 0 aliphatic heterocycles. The molecule has 4 rings (SSSR count). The lowest BCUT2D eigenvalue weighted by Gasteiger charge is -2.09. The number of nitrogens with zero attached hydrogens (tertiary/aromatic N) is 2. The molecule has 150 valence electrons. The minimum Gasteiger partial charge on any atom is -0.497 e. The van der Waals surface area contributed by atoms with Crippen LogP contribution in [0.5, 0.6) is 5.75 Å². The van der Waals surface area contributed by atoms with Crippen LogP contribution in [0, 0.1) is 0 Å². The normalized spacial score (nSPS) is 10.7. The summed E-state index contributed by atoms with van der Waals surface area (Å²) >= 11 is 0. The lowest BCUT2D eigenvalue weighted by atomic mass is 10.1. The summed E-state index contributed by atoms with van der Waals surface area (Å²) < 4.78 is 6.62. The molecule has 0 fully saturated rings. The van der Waals surface area contributed by atoms with Gasteiger partial charge in [-0.15, -0.1) is 0 Å².